The monoisotopic (exact) mass is 224 g/mol. The molecule has 0 aliphatic rings. The minimum Gasteiger partial charge on any atom is -0.475 e. The van der Waals surface area contributed by atoms with Crippen molar-refractivity contribution in [1.82, 2.24) is 0 Å². The van der Waals surface area contributed by atoms with E-state index in [1.165, 1.54) is 13.0 Å². The van der Waals surface area contributed by atoms with Crippen molar-refractivity contribution in [1.29, 1.82) is 0 Å². The van der Waals surface area contributed by atoms with Gasteiger partial charge in [-0.15, -0.1) is 0 Å². The number of hydrogen-bond donors (Lipinski definition) is 1. The molecule has 0 aliphatic heterocycles. The van der Waals surface area contributed by atoms with Crippen LogP contribution in [-0.4, -0.2) is 16.9 Å². The molecule has 1 rings (SSSR count). The van der Waals surface area contributed by atoms with Gasteiger partial charge in [0.15, 0.2) is 0 Å². The molecule has 0 aromatic heterocycles. The summed E-state index contributed by atoms with van der Waals surface area (Å²) in [6.45, 7) is 1.46. The Kier molecular flexibility index (Phi) is 3.63. The molecule has 0 unspecified atom stereocenters. The second kappa shape index (κ2) is 4.75. The number of hydrogen-bond acceptors (Lipinski definition) is 2. The molecule has 0 radical (unpaired) electrons. The van der Waals surface area contributed by atoms with Crippen molar-refractivity contribution < 1.29 is 14.7 Å². The Labute approximate surface area is 92.0 Å². The third kappa shape index (κ3) is 3.22. The van der Waals surface area contributed by atoms with E-state index < -0.39 is 11.8 Å². The van der Waals surface area contributed by atoms with Crippen LogP contribution in [0.25, 0.3) is 6.08 Å². The molecule has 0 spiro atoms. The highest BCUT2D eigenvalue weighted by Crippen LogP contribution is 2.12. The van der Waals surface area contributed by atoms with E-state index in [2.05, 4.69) is 0 Å². The zero-order chi connectivity index (χ0) is 11.4. The molecule has 78 valence electrons. The van der Waals surface area contributed by atoms with Gasteiger partial charge >= 0.3 is 5.97 Å². The van der Waals surface area contributed by atoms with Gasteiger partial charge < -0.3 is 5.11 Å². The van der Waals surface area contributed by atoms with Gasteiger partial charge in [-0.3, -0.25) is 4.79 Å². The van der Waals surface area contributed by atoms with Crippen LogP contribution < -0.4 is 0 Å². The first-order valence-electron chi connectivity index (χ1n) is 4.22. The smallest absolute Gasteiger partial charge is 0.376 e. The quantitative estimate of drug-likeness (QED) is 0.634. The van der Waals surface area contributed by atoms with E-state index in [0.717, 1.165) is 5.56 Å². The fourth-order valence-electron chi connectivity index (χ4n) is 1.04. The number of carbonyl (C=O) groups excluding carboxylic acids is 1. The highest BCUT2D eigenvalue weighted by Gasteiger charge is 2.12. The topological polar surface area (TPSA) is 54.4 Å². The van der Waals surface area contributed by atoms with Gasteiger partial charge in [0, 0.05) is 10.6 Å². The van der Waals surface area contributed by atoms with Crippen molar-refractivity contribution in [2.75, 3.05) is 0 Å². The van der Waals surface area contributed by atoms with E-state index in [9.17, 15) is 9.59 Å². The Morgan fingerprint density at radius 2 is 1.80 bits per heavy atom. The van der Waals surface area contributed by atoms with Gasteiger partial charge in [0.1, 0.15) is 0 Å². The molecule has 0 bridgehead atoms. The molecule has 0 atom stereocenters. The van der Waals surface area contributed by atoms with Crippen LogP contribution in [0.15, 0.2) is 29.8 Å². The van der Waals surface area contributed by atoms with Crippen LogP contribution in [0.5, 0.6) is 0 Å². The van der Waals surface area contributed by atoms with Gasteiger partial charge in [-0.05, 0) is 30.7 Å². The molecule has 15 heavy (non-hydrogen) atoms. The van der Waals surface area contributed by atoms with E-state index in [1.807, 2.05) is 0 Å². The van der Waals surface area contributed by atoms with Crippen molar-refractivity contribution in [3.8, 4) is 0 Å². The number of Topliss-reactive ketones (excluding diaryl/α,β-unsaturated/α-hetero) is 1. The maximum absolute atomic E-state index is 11.0. The summed E-state index contributed by atoms with van der Waals surface area (Å²) in [4.78, 5) is 21.4. The zero-order valence-corrected chi connectivity index (χ0v) is 8.78. The number of ketones is 1. The second-order valence-electron chi connectivity index (χ2n) is 3.01. The lowest BCUT2D eigenvalue weighted by Crippen LogP contribution is -2.13. The standard InChI is InChI=1S/C11H9ClO3/c1-7(10(13)11(14)15)6-8-2-4-9(12)5-3-8/h2-6H,1H3,(H,14,15)/b7-6+. The summed E-state index contributed by atoms with van der Waals surface area (Å²) in [5, 5.41) is 9.06. The molecule has 0 fully saturated rings. The molecule has 1 aromatic rings. The van der Waals surface area contributed by atoms with Crippen LogP contribution >= 0.6 is 11.6 Å². The van der Waals surface area contributed by atoms with Crippen LogP contribution in [-0.2, 0) is 9.59 Å². The fraction of sp³-hybridized carbons (Fsp3) is 0.0909. The fourth-order valence-corrected chi connectivity index (χ4v) is 1.17. The summed E-state index contributed by atoms with van der Waals surface area (Å²) >= 11 is 5.68. The molecule has 0 saturated heterocycles. The average molecular weight is 225 g/mol. The normalized spacial score (nSPS) is 11.2. The molecule has 1 aromatic carbocycles. The third-order valence-electron chi connectivity index (χ3n) is 1.81. The van der Waals surface area contributed by atoms with Gasteiger partial charge in [0.2, 0.25) is 0 Å². The van der Waals surface area contributed by atoms with Crippen molar-refractivity contribution in [2.45, 2.75) is 6.92 Å². The number of carbonyl (C=O) groups is 2. The molecule has 0 aliphatic carbocycles. The Bertz CT molecular complexity index is 418. The summed E-state index contributed by atoms with van der Waals surface area (Å²) in [5.41, 5.74) is 0.927. The van der Waals surface area contributed by atoms with Crippen LogP contribution in [0.4, 0.5) is 0 Å². The Morgan fingerprint density at radius 1 is 1.27 bits per heavy atom. The first kappa shape index (κ1) is 11.5. The predicted molar refractivity (Wildman–Crippen MR) is 57.7 cm³/mol. The van der Waals surface area contributed by atoms with E-state index in [-0.39, 0.29) is 5.57 Å². The number of aliphatic carboxylic acids is 1. The van der Waals surface area contributed by atoms with E-state index in [1.54, 1.807) is 24.3 Å². The molecule has 0 heterocycles. The highest BCUT2D eigenvalue weighted by atomic mass is 35.5. The second-order valence-corrected chi connectivity index (χ2v) is 3.45. The van der Waals surface area contributed by atoms with Crippen molar-refractivity contribution in [2.24, 2.45) is 0 Å². The summed E-state index contributed by atoms with van der Waals surface area (Å²) in [6, 6.07) is 6.76. The van der Waals surface area contributed by atoms with Crippen molar-refractivity contribution >= 4 is 29.4 Å². The Balaban J connectivity index is 2.92. The van der Waals surface area contributed by atoms with Crippen LogP contribution in [0.3, 0.4) is 0 Å². The van der Waals surface area contributed by atoms with E-state index in [0.29, 0.717) is 5.02 Å². The lowest BCUT2D eigenvalue weighted by molar-refractivity contribution is -0.147. The lowest BCUT2D eigenvalue weighted by Gasteiger charge is -1.97. The number of rotatable bonds is 3. The number of halogens is 1. The van der Waals surface area contributed by atoms with Crippen molar-refractivity contribution in [3.63, 3.8) is 0 Å². The molecule has 1 N–H and O–H groups in total. The average Bonchev–Trinajstić information content (AvgIpc) is 2.20. The molecule has 4 heteroatoms. The summed E-state index contributed by atoms with van der Waals surface area (Å²) in [7, 11) is 0. The van der Waals surface area contributed by atoms with Gasteiger partial charge in [-0.25, -0.2) is 4.79 Å². The SMILES string of the molecule is C/C(=C\c1ccc(Cl)cc1)C(=O)C(=O)O. The van der Waals surface area contributed by atoms with Crippen molar-refractivity contribution in [3.05, 3.63) is 40.4 Å². The summed E-state index contributed by atoms with van der Waals surface area (Å²) in [6.07, 6.45) is 1.51. The summed E-state index contributed by atoms with van der Waals surface area (Å²) in [5.74, 6) is -2.34. The Hall–Kier alpha value is -1.61. The molecule has 0 saturated carbocycles. The first-order valence-corrected chi connectivity index (χ1v) is 4.60. The zero-order valence-electron chi connectivity index (χ0n) is 8.03. The largest absolute Gasteiger partial charge is 0.475 e. The Morgan fingerprint density at radius 3 is 2.27 bits per heavy atom. The summed E-state index contributed by atoms with van der Waals surface area (Å²) < 4.78 is 0. The molecule has 3 nitrogen and oxygen atoms in total. The van der Waals surface area contributed by atoms with Crippen LogP contribution in [0.2, 0.25) is 5.02 Å². The maximum atomic E-state index is 11.0. The third-order valence-corrected chi connectivity index (χ3v) is 2.06. The first-order chi connectivity index (χ1) is 7.00. The van der Waals surface area contributed by atoms with E-state index >= 15 is 0 Å². The van der Waals surface area contributed by atoms with Crippen LogP contribution in [0.1, 0.15) is 12.5 Å². The minimum absolute atomic E-state index is 0.185. The van der Waals surface area contributed by atoms with Gasteiger partial charge in [-0.1, -0.05) is 23.7 Å². The number of benzene rings is 1. The number of carboxylic acid groups (broad SMARTS) is 1. The van der Waals surface area contributed by atoms with Gasteiger partial charge in [0.05, 0.1) is 0 Å². The maximum Gasteiger partial charge on any atom is 0.376 e. The molecular formula is C11H9ClO3. The van der Waals surface area contributed by atoms with E-state index in [4.69, 9.17) is 16.7 Å². The lowest BCUT2D eigenvalue weighted by atomic mass is 10.1. The van der Waals surface area contributed by atoms with Gasteiger partial charge in [0.25, 0.3) is 5.78 Å². The molecule has 0 amide bonds. The van der Waals surface area contributed by atoms with Gasteiger partial charge in [-0.2, -0.15) is 0 Å². The highest BCUT2D eigenvalue weighted by molar-refractivity contribution is 6.40. The molecular weight excluding hydrogens is 216 g/mol. The van der Waals surface area contributed by atoms with Crippen LogP contribution in [0, 0.1) is 0 Å². The number of carboxylic acids is 1. The minimum atomic E-state index is -1.45. The predicted octanol–water partition coefficient (Wildman–Crippen LogP) is 2.40.